The molecule has 0 aliphatic rings. The van der Waals surface area contributed by atoms with Gasteiger partial charge >= 0.3 is 0 Å². The van der Waals surface area contributed by atoms with Crippen molar-refractivity contribution in [2.75, 3.05) is 6.26 Å². The quantitative estimate of drug-likeness (QED) is 0.922. The molecular weight excluding hydrogens is 286 g/mol. The lowest BCUT2D eigenvalue weighted by Crippen LogP contribution is -2.18. The summed E-state index contributed by atoms with van der Waals surface area (Å²) in [5.74, 6) is 1.33. The molecule has 2 rings (SSSR count). The molecule has 0 fully saturated rings. The molecule has 0 spiro atoms. The van der Waals surface area contributed by atoms with E-state index in [-0.39, 0.29) is 10.9 Å². The zero-order valence-corrected chi connectivity index (χ0v) is 12.9. The van der Waals surface area contributed by atoms with E-state index in [9.17, 15) is 8.42 Å². The highest BCUT2D eigenvalue weighted by Gasteiger charge is 2.09. The Hall–Kier alpha value is -1.85. The Morgan fingerprint density at radius 1 is 1.10 bits per heavy atom. The van der Waals surface area contributed by atoms with E-state index in [2.05, 4.69) is 0 Å². The highest BCUT2D eigenvalue weighted by atomic mass is 32.2. The van der Waals surface area contributed by atoms with Gasteiger partial charge in [-0.25, -0.2) is 8.42 Å². The topological polar surface area (TPSA) is 69.4 Å². The summed E-state index contributed by atoms with van der Waals surface area (Å²) in [6, 6.07) is 14.1. The predicted octanol–water partition coefficient (Wildman–Crippen LogP) is 2.77. The second-order valence-corrected chi connectivity index (χ2v) is 7.15. The molecule has 5 heteroatoms. The molecule has 0 saturated carbocycles. The minimum absolute atomic E-state index is 0.0439. The van der Waals surface area contributed by atoms with Gasteiger partial charge in [-0.2, -0.15) is 0 Å². The molecular formula is C16H19NO3S. The van der Waals surface area contributed by atoms with Crippen LogP contribution >= 0.6 is 0 Å². The molecule has 2 aromatic rings. The molecule has 2 aromatic carbocycles. The van der Waals surface area contributed by atoms with Crippen molar-refractivity contribution in [3.8, 4) is 11.5 Å². The van der Waals surface area contributed by atoms with Gasteiger partial charge in [0.1, 0.15) is 11.5 Å². The number of hydrogen-bond donors (Lipinski definition) is 1. The Labute approximate surface area is 125 Å². The highest BCUT2D eigenvalue weighted by Crippen LogP contribution is 2.26. The zero-order valence-electron chi connectivity index (χ0n) is 12.1. The van der Waals surface area contributed by atoms with Crippen LogP contribution in [-0.4, -0.2) is 20.7 Å². The van der Waals surface area contributed by atoms with Crippen LogP contribution in [0.25, 0.3) is 0 Å². The van der Waals surface area contributed by atoms with E-state index in [1.807, 2.05) is 31.2 Å². The Morgan fingerprint density at radius 2 is 1.71 bits per heavy atom. The van der Waals surface area contributed by atoms with Gasteiger partial charge < -0.3 is 10.5 Å². The molecule has 0 saturated heterocycles. The summed E-state index contributed by atoms with van der Waals surface area (Å²) < 4.78 is 28.7. The Bertz CT molecular complexity index is 707. The van der Waals surface area contributed by atoms with Gasteiger partial charge in [0, 0.05) is 12.3 Å². The molecule has 0 bridgehead atoms. The number of nitrogens with two attached hydrogens (primary N) is 1. The van der Waals surface area contributed by atoms with Crippen LogP contribution in [0.5, 0.6) is 11.5 Å². The minimum Gasteiger partial charge on any atom is -0.457 e. The van der Waals surface area contributed by atoms with Crippen molar-refractivity contribution in [2.24, 2.45) is 5.73 Å². The van der Waals surface area contributed by atoms with E-state index in [4.69, 9.17) is 10.5 Å². The van der Waals surface area contributed by atoms with Crippen molar-refractivity contribution in [3.63, 3.8) is 0 Å². The average Bonchev–Trinajstić information content (AvgIpc) is 2.40. The number of para-hydroxylation sites is 1. The lowest BCUT2D eigenvalue weighted by molar-refractivity contribution is 0.473. The normalized spacial score (nSPS) is 12.9. The lowest BCUT2D eigenvalue weighted by Gasteiger charge is -2.13. The second-order valence-electron chi connectivity index (χ2n) is 5.13. The van der Waals surface area contributed by atoms with Crippen molar-refractivity contribution in [2.45, 2.75) is 24.3 Å². The third-order valence-electron chi connectivity index (χ3n) is 2.99. The van der Waals surface area contributed by atoms with Crippen LogP contribution in [0, 0.1) is 0 Å². The fraction of sp³-hybridized carbons (Fsp3) is 0.250. The van der Waals surface area contributed by atoms with E-state index < -0.39 is 9.84 Å². The number of rotatable bonds is 5. The molecule has 0 radical (unpaired) electrons. The Balaban J connectivity index is 2.22. The van der Waals surface area contributed by atoms with Crippen LogP contribution in [0.3, 0.4) is 0 Å². The van der Waals surface area contributed by atoms with Crippen molar-refractivity contribution in [1.82, 2.24) is 0 Å². The predicted molar refractivity (Wildman–Crippen MR) is 83.4 cm³/mol. The van der Waals surface area contributed by atoms with E-state index in [1.165, 1.54) is 6.26 Å². The van der Waals surface area contributed by atoms with Crippen LogP contribution in [0.2, 0.25) is 0 Å². The van der Waals surface area contributed by atoms with Gasteiger partial charge in [0.2, 0.25) is 0 Å². The fourth-order valence-electron chi connectivity index (χ4n) is 2.00. The smallest absolute Gasteiger partial charge is 0.175 e. The molecule has 0 aliphatic carbocycles. The maximum absolute atomic E-state index is 11.4. The number of sulfone groups is 1. The van der Waals surface area contributed by atoms with Gasteiger partial charge in [-0.3, -0.25) is 0 Å². The molecule has 0 aliphatic heterocycles. The van der Waals surface area contributed by atoms with E-state index >= 15 is 0 Å². The summed E-state index contributed by atoms with van der Waals surface area (Å²) >= 11 is 0. The molecule has 1 atom stereocenters. The first-order valence-electron chi connectivity index (χ1n) is 6.68. The molecule has 4 nitrogen and oxygen atoms in total. The molecule has 0 heterocycles. The van der Waals surface area contributed by atoms with Gasteiger partial charge in [0.15, 0.2) is 9.84 Å². The molecule has 0 aromatic heterocycles. The van der Waals surface area contributed by atoms with E-state index in [0.717, 1.165) is 17.7 Å². The third kappa shape index (κ3) is 4.31. The van der Waals surface area contributed by atoms with Gasteiger partial charge in [-0.15, -0.1) is 0 Å². The first-order valence-corrected chi connectivity index (χ1v) is 8.57. The summed E-state index contributed by atoms with van der Waals surface area (Å²) in [5.41, 5.74) is 6.86. The van der Waals surface area contributed by atoms with Gasteiger partial charge in [0.25, 0.3) is 0 Å². The summed E-state index contributed by atoms with van der Waals surface area (Å²) in [7, 11) is -3.19. The molecule has 21 heavy (non-hydrogen) atoms. The van der Waals surface area contributed by atoms with Crippen LogP contribution in [-0.2, 0) is 16.3 Å². The van der Waals surface area contributed by atoms with Gasteiger partial charge in [-0.05, 0) is 49.2 Å². The monoisotopic (exact) mass is 305 g/mol. The largest absolute Gasteiger partial charge is 0.457 e. The summed E-state index contributed by atoms with van der Waals surface area (Å²) in [6.07, 6.45) is 1.90. The second kappa shape index (κ2) is 6.28. The average molecular weight is 305 g/mol. The zero-order chi connectivity index (χ0) is 15.5. The van der Waals surface area contributed by atoms with Crippen molar-refractivity contribution < 1.29 is 13.2 Å². The van der Waals surface area contributed by atoms with Crippen molar-refractivity contribution in [1.29, 1.82) is 0 Å². The van der Waals surface area contributed by atoms with E-state index in [0.29, 0.717) is 5.75 Å². The van der Waals surface area contributed by atoms with Crippen LogP contribution in [0.4, 0.5) is 0 Å². The van der Waals surface area contributed by atoms with Crippen LogP contribution in [0.1, 0.15) is 12.5 Å². The van der Waals surface area contributed by atoms with Gasteiger partial charge in [0.05, 0.1) is 4.90 Å². The highest BCUT2D eigenvalue weighted by molar-refractivity contribution is 7.90. The number of hydrogen-bond acceptors (Lipinski definition) is 4. The summed E-state index contributed by atoms with van der Waals surface area (Å²) in [5, 5.41) is 0. The molecule has 2 N–H and O–H groups in total. The maximum atomic E-state index is 11.4. The van der Waals surface area contributed by atoms with Crippen molar-refractivity contribution in [3.05, 3.63) is 54.1 Å². The summed E-state index contributed by atoms with van der Waals surface area (Å²) in [6.45, 7) is 1.94. The van der Waals surface area contributed by atoms with Crippen molar-refractivity contribution >= 4 is 9.84 Å². The minimum atomic E-state index is -3.19. The van der Waals surface area contributed by atoms with E-state index in [1.54, 1.807) is 24.3 Å². The first kappa shape index (κ1) is 15.5. The standard InChI is InChI=1S/C16H19NO3S/c1-12(17)11-13-5-3-4-6-16(13)20-14-7-9-15(10-8-14)21(2,18)19/h3-10,12H,11,17H2,1-2H3. The first-order chi connectivity index (χ1) is 9.86. The Kier molecular flexibility index (Phi) is 4.65. The lowest BCUT2D eigenvalue weighted by atomic mass is 10.1. The fourth-order valence-corrected chi connectivity index (χ4v) is 2.63. The molecule has 0 amide bonds. The molecule has 112 valence electrons. The third-order valence-corrected chi connectivity index (χ3v) is 4.12. The van der Waals surface area contributed by atoms with Gasteiger partial charge in [-0.1, -0.05) is 18.2 Å². The summed E-state index contributed by atoms with van der Waals surface area (Å²) in [4.78, 5) is 0.277. The number of ether oxygens (including phenoxy) is 1. The SMILES string of the molecule is CC(N)Cc1ccccc1Oc1ccc(S(C)(=O)=O)cc1. The molecule has 1 unspecified atom stereocenters. The van der Waals surface area contributed by atoms with Crippen LogP contribution in [0.15, 0.2) is 53.4 Å². The van der Waals surface area contributed by atoms with Crippen LogP contribution < -0.4 is 10.5 Å². The Morgan fingerprint density at radius 3 is 2.29 bits per heavy atom. The maximum Gasteiger partial charge on any atom is 0.175 e. The number of benzene rings is 2.